The monoisotopic (exact) mass is 446 g/mol. The van der Waals surface area contributed by atoms with Crippen LogP contribution in [-0.2, 0) is 11.5 Å². The number of carbonyl (C=O) groups is 1. The van der Waals surface area contributed by atoms with Gasteiger partial charge in [-0.25, -0.2) is 4.98 Å². The van der Waals surface area contributed by atoms with Crippen LogP contribution in [0.15, 0.2) is 51.3 Å². The summed E-state index contributed by atoms with van der Waals surface area (Å²) in [6, 6.07) is 7.27. The smallest absolute Gasteiger partial charge is 0.230 e. The van der Waals surface area contributed by atoms with Gasteiger partial charge in [-0.15, -0.1) is 11.3 Å². The van der Waals surface area contributed by atoms with Gasteiger partial charge in [-0.3, -0.25) is 14.5 Å². The number of thiazole rings is 1. The molecule has 2 aromatic heterocycles. The van der Waals surface area contributed by atoms with Crippen molar-refractivity contribution in [1.82, 2.24) is 14.5 Å². The molecule has 0 spiro atoms. The molecule has 3 aromatic rings. The van der Waals surface area contributed by atoms with E-state index in [0.29, 0.717) is 23.7 Å². The fraction of sp³-hybridized carbons (Fsp3) is 0.316. The molecule has 8 heteroatoms. The number of para-hydroxylation sites is 1. The number of carbonyl (C=O) groups excluding carboxylic acids is 1. The highest BCUT2D eigenvalue weighted by atomic mass is 79.9. The van der Waals surface area contributed by atoms with E-state index in [2.05, 4.69) is 35.7 Å². The number of hydrogen-bond donors (Lipinski definition) is 1. The van der Waals surface area contributed by atoms with E-state index in [9.17, 15) is 9.59 Å². The second-order valence-corrected chi connectivity index (χ2v) is 8.42. The summed E-state index contributed by atoms with van der Waals surface area (Å²) in [7, 11) is 0. The van der Waals surface area contributed by atoms with Gasteiger partial charge in [-0.1, -0.05) is 6.07 Å². The molecule has 1 fully saturated rings. The highest BCUT2D eigenvalue weighted by molar-refractivity contribution is 9.10. The zero-order chi connectivity index (χ0) is 18.8. The van der Waals surface area contributed by atoms with E-state index in [4.69, 9.17) is 0 Å². The molecule has 3 heterocycles. The lowest BCUT2D eigenvalue weighted by molar-refractivity contribution is -0.121. The van der Waals surface area contributed by atoms with E-state index >= 15 is 0 Å². The van der Waals surface area contributed by atoms with Gasteiger partial charge in [0, 0.05) is 40.2 Å². The van der Waals surface area contributed by atoms with Gasteiger partial charge in [0.15, 0.2) is 10.6 Å². The summed E-state index contributed by atoms with van der Waals surface area (Å²) in [6.07, 6.45) is 5.36. The quantitative estimate of drug-likeness (QED) is 0.665. The summed E-state index contributed by atoms with van der Waals surface area (Å²) < 4.78 is 2.97. The zero-order valence-corrected chi connectivity index (χ0v) is 17.0. The number of pyridine rings is 1. The topological polar surface area (TPSA) is 67.2 Å². The fourth-order valence-electron chi connectivity index (χ4n) is 3.55. The normalized spacial score (nSPS) is 17.9. The Morgan fingerprint density at radius 2 is 2.26 bits per heavy atom. The van der Waals surface area contributed by atoms with Crippen LogP contribution in [0, 0.1) is 5.92 Å². The summed E-state index contributed by atoms with van der Waals surface area (Å²) in [5, 5.41) is 6.10. The first-order valence-electron chi connectivity index (χ1n) is 8.82. The maximum absolute atomic E-state index is 12.5. The number of hydrogen-bond acceptors (Lipinski definition) is 5. The van der Waals surface area contributed by atoms with Crippen molar-refractivity contribution in [2.24, 2.45) is 5.92 Å². The molecule has 0 radical (unpaired) electrons. The first-order valence-corrected chi connectivity index (χ1v) is 10.5. The average Bonchev–Trinajstić information content (AvgIpc) is 3.17. The second kappa shape index (κ2) is 7.92. The Bertz CT molecular complexity index is 1020. The Morgan fingerprint density at radius 1 is 1.37 bits per heavy atom. The van der Waals surface area contributed by atoms with Crippen LogP contribution in [0.2, 0.25) is 0 Å². The Labute approximate surface area is 169 Å². The van der Waals surface area contributed by atoms with Crippen LogP contribution in [-0.4, -0.2) is 33.4 Å². The molecule has 6 nitrogen and oxygen atoms in total. The summed E-state index contributed by atoms with van der Waals surface area (Å²) in [6.45, 7) is 2.26. The van der Waals surface area contributed by atoms with Crippen molar-refractivity contribution >= 4 is 49.2 Å². The first-order chi connectivity index (χ1) is 13.1. The number of amides is 1. The molecule has 0 aliphatic carbocycles. The number of anilines is 1. The van der Waals surface area contributed by atoms with E-state index in [1.807, 2.05) is 29.8 Å². The summed E-state index contributed by atoms with van der Waals surface area (Å²) in [4.78, 5) is 31.1. The van der Waals surface area contributed by atoms with E-state index in [0.717, 1.165) is 29.4 Å². The van der Waals surface area contributed by atoms with Crippen LogP contribution in [0.4, 0.5) is 5.13 Å². The van der Waals surface area contributed by atoms with Crippen molar-refractivity contribution in [2.75, 3.05) is 18.4 Å². The fourth-order valence-corrected chi connectivity index (χ4v) is 4.68. The lowest BCUT2D eigenvalue weighted by atomic mass is 9.97. The third-order valence-corrected chi connectivity index (χ3v) is 6.16. The van der Waals surface area contributed by atoms with E-state index in [1.54, 1.807) is 12.3 Å². The molecule has 1 N–H and O–H groups in total. The molecule has 1 saturated heterocycles. The van der Waals surface area contributed by atoms with Crippen LogP contribution >= 0.6 is 27.3 Å². The van der Waals surface area contributed by atoms with Crippen LogP contribution in [0.5, 0.6) is 0 Å². The Balaban J connectivity index is 1.51. The first kappa shape index (κ1) is 18.3. The highest BCUT2D eigenvalue weighted by Crippen LogP contribution is 2.24. The van der Waals surface area contributed by atoms with Crippen molar-refractivity contribution in [1.29, 1.82) is 0 Å². The van der Waals surface area contributed by atoms with E-state index < -0.39 is 0 Å². The molecule has 27 heavy (non-hydrogen) atoms. The van der Waals surface area contributed by atoms with E-state index in [1.165, 1.54) is 11.3 Å². The number of nitrogens with zero attached hydrogens (tertiary/aromatic N) is 3. The molecule has 1 amide bonds. The molecule has 4 rings (SSSR count). The highest BCUT2D eigenvalue weighted by Gasteiger charge is 2.26. The molecular formula is C19H19BrN4O2S. The molecule has 1 aliphatic rings. The van der Waals surface area contributed by atoms with Crippen LogP contribution < -0.4 is 10.7 Å². The van der Waals surface area contributed by atoms with Gasteiger partial charge < -0.3 is 9.88 Å². The van der Waals surface area contributed by atoms with Gasteiger partial charge in [0.1, 0.15) is 0 Å². The van der Waals surface area contributed by atoms with Crippen molar-refractivity contribution in [3.63, 3.8) is 0 Å². The number of aromatic nitrogens is 2. The van der Waals surface area contributed by atoms with Crippen LogP contribution in [0.1, 0.15) is 12.8 Å². The van der Waals surface area contributed by atoms with Gasteiger partial charge in [0.2, 0.25) is 5.91 Å². The van der Waals surface area contributed by atoms with Gasteiger partial charge in [-0.2, -0.15) is 0 Å². The number of rotatable bonds is 4. The van der Waals surface area contributed by atoms with Crippen molar-refractivity contribution in [2.45, 2.75) is 19.5 Å². The Kier molecular flexibility index (Phi) is 5.38. The molecule has 1 atom stereocenters. The maximum Gasteiger partial charge on any atom is 0.230 e. The number of piperidine rings is 1. The second-order valence-electron chi connectivity index (χ2n) is 6.67. The molecule has 1 unspecified atom stereocenters. The molecule has 1 aliphatic heterocycles. The lowest BCUT2D eigenvalue weighted by Crippen LogP contribution is -2.41. The third kappa shape index (κ3) is 3.97. The minimum absolute atomic E-state index is 0.0156. The number of halogens is 1. The SMILES string of the molecule is O=C(Nc1nccs1)C1CCCN(Cn2ccc(=O)c3cccc(Br)c32)C1. The third-order valence-electron chi connectivity index (χ3n) is 4.84. The summed E-state index contributed by atoms with van der Waals surface area (Å²) in [5.41, 5.74) is 0.904. The Hall–Kier alpha value is -2.03. The largest absolute Gasteiger partial charge is 0.333 e. The number of nitrogens with one attached hydrogen (secondary N) is 1. The van der Waals surface area contributed by atoms with Gasteiger partial charge >= 0.3 is 0 Å². The van der Waals surface area contributed by atoms with Gasteiger partial charge in [0.05, 0.1) is 18.1 Å². The van der Waals surface area contributed by atoms with Crippen molar-refractivity contribution < 1.29 is 4.79 Å². The Morgan fingerprint density at radius 3 is 3.07 bits per heavy atom. The molecular weight excluding hydrogens is 428 g/mol. The maximum atomic E-state index is 12.5. The van der Waals surface area contributed by atoms with Crippen LogP contribution in [0.3, 0.4) is 0 Å². The minimum atomic E-state index is -0.0586. The predicted molar refractivity (Wildman–Crippen MR) is 111 cm³/mol. The zero-order valence-electron chi connectivity index (χ0n) is 14.6. The van der Waals surface area contributed by atoms with Gasteiger partial charge in [0.25, 0.3) is 0 Å². The van der Waals surface area contributed by atoms with Crippen LogP contribution in [0.25, 0.3) is 10.9 Å². The van der Waals surface area contributed by atoms with Crippen molar-refractivity contribution in [3.8, 4) is 0 Å². The summed E-state index contributed by atoms with van der Waals surface area (Å²) >= 11 is 4.99. The number of likely N-dealkylation sites (tertiary alicyclic amines) is 1. The van der Waals surface area contributed by atoms with Crippen molar-refractivity contribution in [3.05, 3.63) is 56.7 Å². The molecule has 140 valence electrons. The molecule has 1 aromatic carbocycles. The number of benzene rings is 1. The molecule has 0 bridgehead atoms. The average molecular weight is 447 g/mol. The van der Waals surface area contributed by atoms with E-state index in [-0.39, 0.29) is 17.3 Å². The van der Waals surface area contributed by atoms with Gasteiger partial charge in [-0.05, 0) is 47.4 Å². The summed E-state index contributed by atoms with van der Waals surface area (Å²) in [5.74, 6) is -0.0302. The predicted octanol–water partition coefficient (Wildman–Crippen LogP) is 3.53. The molecule has 0 saturated carbocycles. The minimum Gasteiger partial charge on any atom is -0.333 e. The lowest BCUT2D eigenvalue weighted by Gasteiger charge is -2.32. The standard InChI is InChI=1S/C19H19BrN4O2S/c20-15-5-1-4-14-16(25)6-9-24(17(14)15)12-23-8-2-3-13(11-23)18(26)22-19-21-7-10-27-19/h1,4-7,9-10,13H,2-3,8,11-12H2,(H,21,22,26). The number of fused-ring (bicyclic) bond motifs is 1.